The van der Waals surface area contributed by atoms with Crippen LogP contribution in [0.25, 0.3) is 21.5 Å². The molecule has 4 aromatic carbocycles. The van der Waals surface area contributed by atoms with Gasteiger partial charge in [-0.3, -0.25) is 9.79 Å². The van der Waals surface area contributed by atoms with E-state index in [0.717, 1.165) is 62.6 Å². The Kier molecular flexibility index (Phi) is 5.83. The zero-order valence-electron chi connectivity index (χ0n) is 24.4. The summed E-state index contributed by atoms with van der Waals surface area (Å²) in [5.74, 6) is -0.301. The standard InChI is InChI=1S/C37H34N2O3/c1-5-6-19-39-29-18-16-23-12-8-10-14-25(23)33(29)37(4,42)31(39)21-27-34(40)26(35(27)41)20-30-36(2,3)32-24-13-9-7-11-22(24)15-17-28(32)38-30/h7-18,20-21,40,42H,5-6,19H2,1-4H3/b26-20-,31-21+. The molecule has 5 heteroatoms. The number of aliphatic hydroxyl groups is 2. The minimum absolute atomic E-state index is 0.0566. The van der Waals surface area contributed by atoms with Gasteiger partial charge >= 0.3 is 0 Å². The highest BCUT2D eigenvalue weighted by atomic mass is 16.3. The number of carbonyl (C=O) groups excluding carboxylic acids is 1. The Hall–Kier alpha value is -4.48. The number of rotatable bonds is 5. The summed E-state index contributed by atoms with van der Waals surface area (Å²) >= 11 is 0. The van der Waals surface area contributed by atoms with E-state index in [1.807, 2.05) is 48.5 Å². The minimum atomic E-state index is -1.34. The highest BCUT2D eigenvalue weighted by Gasteiger charge is 2.45. The third kappa shape index (κ3) is 3.66. The SMILES string of the molecule is CCCCN1/C(=C/C2=C(O)C(=C/C3=Nc4ccc5ccccc5c4C3(C)C)/C2=O)C(C)(O)c2c1ccc1ccccc21. The summed E-state index contributed by atoms with van der Waals surface area (Å²) < 4.78 is 0. The van der Waals surface area contributed by atoms with Crippen molar-refractivity contribution in [2.24, 2.45) is 4.99 Å². The summed E-state index contributed by atoms with van der Waals surface area (Å²) in [5, 5.41) is 27.6. The monoisotopic (exact) mass is 554 g/mol. The molecule has 210 valence electrons. The van der Waals surface area contributed by atoms with Gasteiger partial charge in [0.15, 0.2) is 0 Å². The molecule has 1 unspecified atom stereocenters. The fourth-order valence-corrected chi connectivity index (χ4v) is 6.90. The van der Waals surface area contributed by atoms with Gasteiger partial charge < -0.3 is 15.1 Å². The molecule has 0 bridgehead atoms. The quantitative estimate of drug-likeness (QED) is 0.245. The fourth-order valence-electron chi connectivity index (χ4n) is 6.90. The molecule has 2 N–H and O–H groups in total. The Balaban J connectivity index is 1.29. The summed E-state index contributed by atoms with van der Waals surface area (Å²) in [6.07, 6.45) is 5.33. The Morgan fingerprint density at radius 3 is 2.17 bits per heavy atom. The van der Waals surface area contributed by atoms with Crippen LogP contribution in [0.1, 0.15) is 51.7 Å². The van der Waals surface area contributed by atoms with Crippen LogP contribution < -0.4 is 4.90 Å². The smallest absolute Gasteiger partial charge is 0.200 e. The van der Waals surface area contributed by atoms with Gasteiger partial charge in [-0.1, -0.05) is 87.9 Å². The molecule has 3 aliphatic rings. The van der Waals surface area contributed by atoms with E-state index in [-0.39, 0.29) is 22.7 Å². The number of nitrogens with zero attached hydrogens (tertiary/aromatic N) is 2. The van der Waals surface area contributed by atoms with Crippen LogP contribution in [-0.4, -0.2) is 28.3 Å². The van der Waals surface area contributed by atoms with Gasteiger partial charge in [0.25, 0.3) is 0 Å². The van der Waals surface area contributed by atoms with Crippen molar-refractivity contribution in [3.63, 3.8) is 0 Å². The van der Waals surface area contributed by atoms with Crippen LogP contribution in [0.2, 0.25) is 0 Å². The molecule has 4 aromatic rings. The number of fused-ring (bicyclic) bond motifs is 6. The number of allylic oxidation sites excluding steroid dienone is 4. The summed E-state index contributed by atoms with van der Waals surface area (Å²) in [7, 11) is 0. The van der Waals surface area contributed by atoms with Crippen molar-refractivity contribution < 1.29 is 15.0 Å². The van der Waals surface area contributed by atoms with E-state index in [0.29, 0.717) is 12.2 Å². The lowest BCUT2D eigenvalue weighted by molar-refractivity contribution is -0.113. The van der Waals surface area contributed by atoms with Crippen LogP contribution in [0.3, 0.4) is 0 Å². The number of ketones is 1. The molecule has 0 amide bonds. The first-order chi connectivity index (χ1) is 20.1. The Labute approximate surface area is 245 Å². The second-order valence-corrected chi connectivity index (χ2v) is 12.2. The lowest BCUT2D eigenvalue weighted by Gasteiger charge is -2.29. The molecule has 42 heavy (non-hydrogen) atoms. The summed E-state index contributed by atoms with van der Waals surface area (Å²) in [6, 6.07) is 24.5. The van der Waals surface area contributed by atoms with Gasteiger partial charge in [0.05, 0.1) is 28.2 Å². The second kappa shape index (κ2) is 9.27. The topological polar surface area (TPSA) is 73.1 Å². The van der Waals surface area contributed by atoms with Crippen LogP contribution in [-0.2, 0) is 15.8 Å². The molecule has 5 nitrogen and oxygen atoms in total. The van der Waals surface area contributed by atoms with E-state index < -0.39 is 11.0 Å². The number of carbonyl (C=O) groups is 1. The summed E-state index contributed by atoms with van der Waals surface area (Å²) in [5.41, 5.74) is 3.83. The van der Waals surface area contributed by atoms with Gasteiger partial charge in [0.2, 0.25) is 5.78 Å². The molecule has 0 fully saturated rings. The third-order valence-corrected chi connectivity index (χ3v) is 9.18. The molecule has 0 saturated heterocycles. The van der Waals surface area contributed by atoms with Gasteiger partial charge in [-0.25, -0.2) is 0 Å². The first kappa shape index (κ1) is 26.4. The molecular formula is C37H34N2O3. The molecule has 0 spiro atoms. The second-order valence-electron chi connectivity index (χ2n) is 12.2. The maximum Gasteiger partial charge on any atom is 0.200 e. The van der Waals surface area contributed by atoms with Crippen molar-refractivity contribution in [2.45, 2.75) is 51.6 Å². The van der Waals surface area contributed by atoms with Gasteiger partial charge in [-0.15, -0.1) is 0 Å². The Morgan fingerprint density at radius 2 is 1.50 bits per heavy atom. The normalized spacial score (nSPS) is 22.7. The van der Waals surface area contributed by atoms with Crippen LogP contribution in [0, 0.1) is 0 Å². The largest absolute Gasteiger partial charge is 0.506 e. The number of hydrogen-bond acceptors (Lipinski definition) is 5. The summed E-state index contributed by atoms with van der Waals surface area (Å²) in [4.78, 5) is 20.6. The molecule has 7 rings (SSSR count). The lowest BCUT2D eigenvalue weighted by Crippen LogP contribution is -2.32. The zero-order valence-corrected chi connectivity index (χ0v) is 24.4. The van der Waals surface area contributed by atoms with E-state index in [2.05, 4.69) is 49.9 Å². The van der Waals surface area contributed by atoms with Crippen LogP contribution in [0.15, 0.2) is 113 Å². The van der Waals surface area contributed by atoms with E-state index >= 15 is 0 Å². The van der Waals surface area contributed by atoms with Crippen molar-refractivity contribution in [1.82, 2.24) is 0 Å². The van der Waals surface area contributed by atoms with E-state index in [4.69, 9.17) is 4.99 Å². The van der Waals surface area contributed by atoms with E-state index in [1.165, 1.54) is 0 Å². The van der Waals surface area contributed by atoms with Crippen LogP contribution in [0.5, 0.6) is 0 Å². The average molecular weight is 555 g/mol. The van der Waals surface area contributed by atoms with E-state index in [9.17, 15) is 15.0 Å². The summed E-state index contributed by atoms with van der Waals surface area (Å²) in [6.45, 7) is 8.83. The van der Waals surface area contributed by atoms with Crippen molar-refractivity contribution in [1.29, 1.82) is 0 Å². The van der Waals surface area contributed by atoms with Crippen molar-refractivity contribution in [3.8, 4) is 0 Å². The minimum Gasteiger partial charge on any atom is -0.506 e. The van der Waals surface area contributed by atoms with Crippen molar-refractivity contribution >= 4 is 44.4 Å². The predicted molar refractivity (Wildman–Crippen MR) is 171 cm³/mol. The van der Waals surface area contributed by atoms with Crippen LogP contribution in [0.4, 0.5) is 11.4 Å². The average Bonchev–Trinajstić information content (AvgIpc) is 3.38. The number of Topliss-reactive ketones (excluding diaryl/α,β-unsaturated/α-hetero) is 1. The molecule has 2 aliphatic heterocycles. The maximum atomic E-state index is 13.6. The molecular weight excluding hydrogens is 520 g/mol. The Morgan fingerprint density at radius 1 is 0.857 bits per heavy atom. The third-order valence-electron chi connectivity index (χ3n) is 9.18. The molecule has 0 radical (unpaired) electrons. The maximum absolute atomic E-state index is 13.6. The number of aliphatic hydroxyl groups excluding tert-OH is 1. The molecule has 1 atom stereocenters. The molecule has 1 aliphatic carbocycles. The number of hydrogen-bond donors (Lipinski definition) is 2. The number of aliphatic imine (C=N–C) groups is 1. The molecule has 0 aromatic heterocycles. The van der Waals surface area contributed by atoms with Gasteiger partial charge in [0, 0.05) is 23.2 Å². The van der Waals surface area contributed by atoms with Crippen molar-refractivity contribution in [2.75, 3.05) is 11.4 Å². The number of unbranched alkanes of at least 4 members (excludes halogenated alkanes) is 1. The highest BCUT2D eigenvalue weighted by Crippen LogP contribution is 2.51. The number of anilines is 1. The van der Waals surface area contributed by atoms with Gasteiger partial charge in [-0.2, -0.15) is 0 Å². The highest BCUT2D eigenvalue weighted by molar-refractivity contribution is 6.25. The first-order valence-electron chi connectivity index (χ1n) is 14.7. The number of benzene rings is 4. The van der Waals surface area contributed by atoms with Gasteiger partial charge in [0.1, 0.15) is 11.4 Å². The zero-order chi connectivity index (χ0) is 29.4. The van der Waals surface area contributed by atoms with Crippen LogP contribution >= 0.6 is 0 Å². The van der Waals surface area contributed by atoms with Crippen molar-refractivity contribution in [3.05, 3.63) is 119 Å². The lowest BCUT2D eigenvalue weighted by atomic mass is 9.77. The predicted octanol–water partition coefficient (Wildman–Crippen LogP) is 8.09. The molecule has 0 saturated carbocycles. The fraction of sp³-hybridized carbons (Fsp3) is 0.243. The molecule has 2 heterocycles. The Bertz CT molecular complexity index is 1950. The van der Waals surface area contributed by atoms with E-state index in [1.54, 1.807) is 19.1 Å². The van der Waals surface area contributed by atoms with Gasteiger partial charge in [-0.05, 0) is 64.7 Å². The first-order valence-corrected chi connectivity index (χ1v) is 14.7.